The van der Waals surface area contributed by atoms with E-state index in [2.05, 4.69) is 37.2 Å². The molecule has 0 aliphatic carbocycles. The fourth-order valence-corrected chi connectivity index (χ4v) is 2.62. The molecule has 1 N–H and O–H groups in total. The molecule has 0 aromatic heterocycles. The zero-order chi connectivity index (χ0) is 14.8. The van der Waals surface area contributed by atoms with Crippen LogP contribution in [0, 0.1) is 0 Å². The van der Waals surface area contributed by atoms with Crippen molar-refractivity contribution in [3.63, 3.8) is 0 Å². The largest absolute Gasteiger partial charge is 0.488 e. The molecule has 1 amide bonds. The molecule has 0 atom stereocenters. The van der Waals surface area contributed by atoms with Gasteiger partial charge in [-0.3, -0.25) is 4.79 Å². The number of benzene rings is 2. The molecule has 3 rings (SSSR count). The Morgan fingerprint density at radius 1 is 1.05 bits per heavy atom. The van der Waals surface area contributed by atoms with Crippen molar-refractivity contribution in [2.24, 2.45) is 0 Å². The van der Waals surface area contributed by atoms with Gasteiger partial charge in [-0.25, -0.2) is 0 Å². The van der Waals surface area contributed by atoms with Gasteiger partial charge >= 0.3 is 0 Å². The van der Waals surface area contributed by atoms with E-state index in [0.29, 0.717) is 5.57 Å². The fraction of sp³-hybridized carbons (Fsp3) is 0.0625. The number of hydrogen-bond acceptors (Lipinski definition) is 2. The monoisotopic (exact) mass is 407 g/mol. The summed E-state index contributed by atoms with van der Waals surface area (Å²) in [4.78, 5) is 12.2. The third-order valence-corrected chi connectivity index (χ3v) is 4.10. The first-order valence-electron chi connectivity index (χ1n) is 6.32. The highest BCUT2D eigenvalue weighted by atomic mass is 79.9. The number of carbonyl (C=O) groups is 1. The van der Waals surface area contributed by atoms with E-state index in [9.17, 15) is 4.79 Å². The van der Waals surface area contributed by atoms with E-state index in [1.807, 2.05) is 48.5 Å². The van der Waals surface area contributed by atoms with Crippen molar-refractivity contribution in [1.82, 2.24) is 0 Å². The van der Waals surface area contributed by atoms with Crippen LogP contribution in [-0.2, 0) is 4.79 Å². The Hall–Kier alpha value is -1.59. The first kappa shape index (κ1) is 14.4. The van der Waals surface area contributed by atoms with E-state index < -0.39 is 0 Å². The molecule has 21 heavy (non-hydrogen) atoms. The van der Waals surface area contributed by atoms with E-state index in [1.165, 1.54) is 0 Å². The normalized spacial score (nSPS) is 13.0. The highest BCUT2D eigenvalue weighted by Gasteiger charge is 2.17. The van der Waals surface area contributed by atoms with Crippen molar-refractivity contribution in [2.75, 3.05) is 11.9 Å². The third kappa shape index (κ3) is 3.36. The molecule has 1 aliphatic heterocycles. The van der Waals surface area contributed by atoms with Crippen LogP contribution < -0.4 is 10.1 Å². The van der Waals surface area contributed by atoms with E-state index in [1.54, 1.807) is 0 Å². The summed E-state index contributed by atoms with van der Waals surface area (Å²) >= 11 is 6.76. The fourth-order valence-electron chi connectivity index (χ4n) is 2.01. The van der Waals surface area contributed by atoms with E-state index in [4.69, 9.17) is 4.74 Å². The molecule has 1 heterocycles. The van der Waals surface area contributed by atoms with Crippen molar-refractivity contribution in [3.05, 3.63) is 62.5 Å². The minimum atomic E-state index is -0.147. The molecule has 0 saturated heterocycles. The van der Waals surface area contributed by atoms with Crippen molar-refractivity contribution in [3.8, 4) is 5.75 Å². The Morgan fingerprint density at radius 3 is 2.52 bits per heavy atom. The van der Waals surface area contributed by atoms with Crippen LogP contribution in [0.15, 0.2) is 57.0 Å². The van der Waals surface area contributed by atoms with Gasteiger partial charge in [-0.15, -0.1) is 0 Å². The lowest BCUT2D eigenvalue weighted by Crippen LogP contribution is -2.21. The SMILES string of the molecule is O=C(Nc1ccc(Br)cc1)C1=Cc2ccc(Br)cc2OC1. The maximum Gasteiger partial charge on any atom is 0.255 e. The highest BCUT2D eigenvalue weighted by molar-refractivity contribution is 9.10. The first-order chi connectivity index (χ1) is 10.1. The Morgan fingerprint density at radius 2 is 1.76 bits per heavy atom. The second-order valence-electron chi connectivity index (χ2n) is 4.60. The lowest BCUT2D eigenvalue weighted by atomic mass is 10.1. The molecule has 5 heteroatoms. The van der Waals surface area contributed by atoms with Gasteiger partial charge in [0.25, 0.3) is 5.91 Å². The number of anilines is 1. The quantitative estimate of drug-likeness (QED) is 0.786. The summed E-state index contributed by atoms with van der Waals surface area (Å²) in [6, 6.07) is 13.2. The van der Waals surface area contributed by atoms with E-state index in [0.717, 1.165) is 25.9 Å². The molecule has 3 nitrogen and oxygen atoms in total. The molecule has 0 bridgehead atoms. The molecule has 1 aliphatic rings. The number of hydrogen-bond donors (Lipinski definition) is 1. The maximum atomic E-state index is 12.2. The summed E-state index contributed by atoms with van der Waals surface area (Å²) in [7, 11) is 0. The first-order valence-corrected chi connectivity index (χ1v) is 7.90. The Balaban J connectivity index is 1.79. The van der Waals surface area contributed by atoms with Crippen molar-refractivity contribution >= 4 is 49.5 Å². The van der Waals surface area contributed by atoms with Crippen LogP contribution in [0.25, 0.3) is 6.08 Å². The number of carbonyl (C=O) groups excluding carboxylic acids is 1. The third-order valence-electron chi connectivity index (χ3n) is 3.08. The van der Waals surface area contributed by atoms with Gasteiger partial charge in [0.15, 0.2) is 0 Å². The van der Waals surface area contributed by atoms with Crippen LogP contribution in [0.4, 0.5) is 5.69 Å². The summed E-state index contributed by atoms with van der Waals surface area (Å²) in [6.07, 6.45) is 1.86. The molecule has 0 fully saturated rings. The molecule has 0 saturated carbocycles. The average molecular weight is 409 g/mol. The van der Waals surface area contributed by atoms with Gasteiger partial charge in [0.2, 0.25) is 0 Å². The summed E-state index contributed by atoms with van der Waals surface area (Å²) < 4.78 is 7.56. The average Bonchev–Trinajstić information content (AvgIpc) is 2.49. The number of nitrogens with one attached hydrogen (secondary N) is 1. The van der Waals surface area contributed by atoms with E-state index >= 15 is 0 Å². The molecule has 0 unspecified atom stereocenters. The Kier molecular flexibility index (Phi) is 4.12. The van der Waals surface area contributed by atoms with Crippen LogP contribution in [-0.4, -0.2) is 12.5 Å². The molecule has 0 spiro atoms. The van der Waals surface area contributed by atoms with Crippen LogP contribution in [0.5, 0.6) is 5.75 Å². The minimum absolute atomic E-state index is 0.147. The van der Waals surface area contributed by atoms with Crippen molar-refractivity contribution < 1.29 is 9.53 Å². The standard InChI is InChI=1S/C16H11Br2NO2/c17-12-3-5-14(6-4-12)19-16(20)11-7-10-1-2-13(18)8-15(10)21-9-11/h1-8H,9H2,(H,19,20). The summed E-state index contributed by atoms with van der Waals surface area (Å²) in [5.74, 6) is 0.635. The summed E-state index contributed by atoms with van der Waals surface area (Å²) in [5.41, 5.74) is 2.27. The lowest BCUT2D eigenvalue weighted by molar-refractivity contribution is -0.113. The zero-order valence-electron chi connectivity index (χ0n) is 10.9. The van der Waals surface area contributed by atoms with E-state index in [-0.39, 0.29) is 12.5 Å². The van der Waals surface area contributed by atoms with Gasteiger partial charge in [0.1, 0.15) is 12.4 Å². The topological polar surface area (TPSA) is 38.3 Å². The lowest BCUT2D eigenvalue weighted by Gasteiger charge is -2.18. The molecule has 0 radical (unpaired) electrons. The second kappa shape index (κ2) is 6.03. The number of halogens is 2. The summed E-state index contributed by atoms with van der Waals surface area (Å²) in [6.45, 7) is 0.270. The van der Waals surface area contributed by atoms with Crippen molar-refractivity contribution in [2.45, 2.75) is 0 Å². The molecular weight excluding hydrogens is 398 g/mol. The van der Waals surface area contributed by atoms with Gasteiger partial charge in [-0.2, -0.15) is 0 Å². The highest BCUT2D eigenvalue weighted by Crippen LogP contribution is 2.29. The summed E-state index contributed by atoms with van der Waals surface area (Å²) in [5, 5.41) is 2.86. The minimum Gasteiger partial charge on any atom is -0.488 e. The van der Waals surface area contributed by atoms with Crippen LogP contribution in [0.2, 0.25) is 0 Å². The van der Waals surface area contributed by atoms with Crippen LogP contribution in [0.1, 0.15) is 5.56 Å². The van der Waals surface area contributed by atoms with Gasteiger partial charge in [-0.1, -0.05) is 37.9 Å². The Bertz CT molecular complexity index is 724. The van der Waals surface area contributed by atoms with Crippen LogP contribution in [0.3, 0.4) is 0 Å². The molecular formula is C16H11Br2NO2. The second-order valence-corrected chi connectivity index (χ2v) is 6.43. The zero-order valence-corrected chi connectivity index (χ0v) is 14.1. The Labute approximate surface area is 139 Å². The molecule has 2 aromatic carbocycles. The van der Waals surface area contributed by atoms with Crippen molar-refractivity contribution in [1.29, 1.82) is 0 Å². The molecule has 2 aromatic rings. The number of fused-ring (bicyclic) bond motifs is 1. The number of rotatable bonds is 2. The van der Waals surface area contributed by atoms with Gasteiger partial charge in [-0.05, 0) is 42.5 Å². The maximum absolute atomic E-state index is 12.2. The van der Waals surface area contributed by atoms with Crippen LogP contribution >= 0.6 is 31.9 Å². The smallest absolute Gasteiger partial charge is 0.255 e. The van der Waals surface area contributed by atoms with Gasteiger partial charge in [0.05, 0.1) is 5.57 Å². The van der Waals surface area contributed by atoms with Gasteiger partial charge in [0, 0.05) is 20.2 Å². The molecule has 106 valence electrons. The number of ether oxygens (including phenoxy) is 1. The van der Waals surface area contributed by atoms with Gasteiger partial charge < -0.3 is 10.1 Å². The predicted molar refractivity (Wildman–Crippen MR) is 90.4 cm³/mol. The number of amides is 1. The predicted octanol–water partition coefficient (Wildman–Crippen LogP) is 4.63.